The summed E-state index contributed by atoms with van der Waals surface area (Å²) >= 11 is 0. The Balaban J connectivity index is 2.24. The number of carbonyl (C=O) groups is 1. The van der Waals surface area contributed by atoms with Crippen LogP contribution in [0.3, 0.4) is 0 Å². The highest BCUT2D eigenvalue weighted by atomic mass is 16.6. The lowest BCUT2D eigenvalue weighted by molar-refractivity contribution is 0.118. The largest absolute Gasteiger partial charge is 0.446 e. The summed E-state index contributed by atoms with van der Waals surface area (Å²) in [5.74, 6) is 0. The van der Waals surface area contributed by atoms with Crippen molar-refractivity contribution in [2.45, 2.75) is 20.0 Å². The van der Waals surface area contributed by atoms with Crippen molar-refractivity contribution in [2.24, 2.45) is 7.05 Å². The number of hydrogen-bond acceptors (Lipinski definition) is 4. The zero-order valence-corrected chi connectivity index (χ0v) is 12.6. The van der Waals surface area contributed by atoms with Crippen molar-refractivity contribution in [3.05, 3.63) is 30.7 Å². The zero-order chi connectivity index (χ0) is 15.9. The van der Waals surface area contributed by atoms with Crippen molar-refractivity contribution in [1.29, 1.82) is 0 Å². The topological polar surface area (TPSA) is 61.9 Å². The predicted molar refractivity (Wildman–Crippen MR) is 84.3 cm³/mol. The first-order valence-corrected chi connectivity index (χ1v) is 6.92. The monoisotopic (exact) mass is 294 g/mol. The molecule has 0 bridgehead atoms. The van der Waals surface area contributed by atoms with Crippen molar-refractivity contribution in [2.75, 3.05) is 0 Å². The molecule has 0 fully saturated rings. The molecule has 0 saturated carbocycles. The third-order valence-electron chi connectivity index (χ3n) is 3.23. The van der Waals surface area contributed by atoms with Gasteiger partial charge in [-0.25, -0.2) is 9.36 Å². The van der Waals surface area contributed by atoms with Crippen molar-refractivity contribution in [3.63, 3.8) is 0 Å². The summed E-state index contributed by atoms with van der Waals surface area (Å²) in [7, 11) is 7.58. The summed E-state index contributed by atoms with van der Waals surface area (Å²) in [4.78, 5) is 16.6. The Morgan fingerprint density at radius 3 is 2.73 bits per heavy atom. The lowest BCUT2D eigenvalue weighted by Crippen LogP contribution is -2.19. The molecule has 0 unspecified atom stereocenters. The van der Waals surface area contributed by atoms with Gasteiger partial charge in [-0.2, -0.15) is 5.10 Å². The van der Waals surface area contributed by atoms with Crippen LogP contribution in [0.15, 0.2) is 30.7 Å². The molecule has 0 aromatic carbocycles. The minimum absolute atomic E-state index is 0.217. The molecule has 7 heteroatoms. The highest BCUT2D eigenvalue weighted by Crippen LogP contribution is 2.27. The number of hydrogen-bond donors (Lipinski definition) is 0. The summed E-state index contributed by atoms with van der Waals surface area (Å²) in [6.07, 6.45) is 4.51. The fourth-order valence-corrected chi connectivity index (χ4v) is 2.33. The second-order valence-electron chi connectivity index (χ2n) is 5.37. The maximum Gasteiger partial charge on any atom is 0.419 e. The first-order chi connectivity index (χ1) is 10.5. The van der Waals surface area contributed by atoms with Crippen molar-refractivity contribution in [3.8, 4) is 11.3 Å². The van der Waals surface area contributed by atoms with Crippen LogP contribution in [0.25, 0.3) is 22.2 Å². The van der Waals surface area contributed by atoms with Gasteiger partial charge in [-0.3, -0.25) is 9.67 Å². The molecular weight excluding hydrogens is 279 g/mol. The molecule has 3 rings (SSSR count). The second kappa shape index (κ2) is 5.33. The molecule has 6 nitrogen and oxygen atoms in total. The quantitative estimate of drug-likeness (QED) is 0.674. The molecular formula is C15H15BN4O2. The molecule has 0 amide bonds. The van der Waals surface area contributed by atoms with Crippen LogP contribution in [0.1, 0.15) is 13.8 Å². The Bertz CT molecular complexity index is 850. The fourth-order valence-electron chi connectivity index (χ4n) is 2.33. The molecule has 0 aliphatic rings. The van der Waals surface area contributed by atoms with Crippen LogP contribution in [-0.2, 0) is 11.8 Å². The SMILES string of the molecule is [B]c1cc2c(cn1)cc(-c1cnn(C)c1)n2C(=O)OC(C)C. The third-order valence-corrected chi connectivity index (χ3v) is 3.23. The molecule has 0 saturated heterocycles. The van der Waals surface area contributed by atoms with Gasteiger partial charge in [-0.1, -0.05) is 0 Å². The molecule has 22 heavy (non-hydrogen) atoms. The molecule has 2 radical (unpaired) electrons. The van der Waals surface area contributed by atoms with Gasteiger partial charge in [0.2, 0.25) is 0 Å². The summed E-state index contributed by atoms with van der Waals surface area (Å²) in [5, 5.41) is 4.97. The minimum atomic E-state index is -0.450. The van der Waals surface area contributed by atoms with Crippen molar-refractivity contribution < 1.29 is 9.53 Å². The average Bonchev–Trinajstić information content (AvgIpc) is 3.00. The number of pyridine rings is 1. The maximum atomic E-state index is 12.5. The van der Waals surface area contributed by atoms with E-state index in [4.69, 9.17) is 12.6 Å². The van der Waals surface area contributed by atoms with E-state index in [2.05, 4.69) is 10.1 Å². The molecule has 0 spiro atoms. The highest BCUT2D eigenvalue weighted by molar-refractivity contribution is 6.31. The van der Waals surface area contributed by atoms with Gasteiger partial charge in [0.15, 0.2) is 0 Å². The lowest BCUT2D eigenvalue weighted by atomic mass is 10.0. The summed E-state index contributed by atoms with van der Waals surface area (Å²) in [6.45, 7) is 3.62. The van der Waals surface area contributed by atoms with Crippen LogP contribution in [-0.4, -0.2) is 39.4 Å². The summed E-state index contributed by atoms with van der Waals surface area (Å²) in [5.41, 5.74) is 2.53. The summed E-state index contributed by atoms with van der Waals surface area (Å²) in [6, 6.07) is 3.54. The first kappa shape index (κ1) is 14.4. The van der Waals surface area contributed by atoms with Crippen LogP contribution in [0.4, 0.5) is 4.79 Å². The fraction of sp³-hybridized carbons (Fsp3) is 0.267. The van der Waals surface area contributed by atoms with Gasteiger partial charge in [0.1, 0.15) is 7.85 Å². The van der Waals surface area contributed by atoms with E-state index in [-0.39, 0.29) is 6.10 Å². The average molecular weight is 294 g/mol. The van der Waals surface area contributed by atoms with Crippen LogP contribution in [0.2, 0.25) is 0 Å². The van der Waals surface area contributed by atoms with Gasteiger partial charge in [-0.05, 0) is 31.6 Å². The number of aryl methyl sites for hydroxylation is 1. The molecule has 3 heterocycles. The lowest BCUT2D eigenvalue weighted by Gasteiger charge is -2.12. The Morgan fingerprint density at radius 1 is 1.32 bits per heavy atom. The van der Waals surface area contributed by atoms with Crippen LogP contribution >= 0.6 is 0 Å². The van der Waals surface area contributed by atoms with E-state index in [9.17, 15) is 4.79 Å². The Labute approximate surface area is 129 Å². The molecule has 0 aliphatic heterocycles. The van der Waals surface area contributed by atoms with Gasteiger partial charge in [0, 0.05) is 30.4 Å². The van der Waals surface area contributed by atoms with Gasteiger partial charge in [0.05, 0.1) is 23.5 Å². The van der Waals surface area contributed by atoms with Crippen LogP contribution < -0.4 is 5.59 Å². The second-order valence-corrected chi connectivity index (χ2v) is 5.37. The third kappa shape index (κ3) is 2.50. The summed E-state index contributed by atoms with van der Waals surface area (Å²) < 4.78 is 8.53. The van der Waals surface area contributed by atoms with E-state index in [1.54, 1.807) is 23.1 Å². The molecule has 0 N–H and O–H groups in total. The van der Waals surface area contributed by atoms with E-state index in [0.29, 0.717) is 16.8 Å². The van der Waals surface area contributed by atoms with Gasteiger partial charge < -0.3 is 4.74 Å². The van der Waals surface area contributed by atoms with E-state index >= 15 is 0 Å². The molecule has 3 aromatic rings. The number of carbonyl (C=O) groups excluding carboxylic acids is 1. The van der Waals surface area contributed by atoms with Crippen LogP contribution in [0, 0.1) is 0 Å². The highest BCUT2D eigenvalue weighted by Gasteiger charge is 2.19. The van der Waals surface area contributed by atoms with E-state index in [1.165, 1.54) is 4.57 Å². The zero-order valence-electron chi connectivity index (χ0n) is 12.6. The molecule has 0 aliphatic carbocycles. The standard InChI is InChI=1S/C15H15BN4O2/c1-9(2)22-15(21)20-12(11-7-18-19(3)8-11)4-10-6-17-14(16)5-13(10)20/h4-9H,1-3H3. The Kier molecular flexibility index (Phi) is 3.48. The van der Waals surface area contributed by atoms with Gasteiger partial charge in [0.25, 0.3) is 0 Å². The first-order valence-electron chi connectivity index (χ1n) is 6.92. The Hall–Kier alpha value is -2.57. The minimum Gasteiger partial charge on any atom is -0.446 e. The maximum absolute atomic E-state index is 12.5. The molecule has 3 aromatic heterocycles. The van der Waals surface area contributed by atoms with Gasteiger partial charge in [-0.15, -0.1) is 0 Å². The van der Waals surface area contributed by atoms with Crippen LogP contribution in [0.5, 0.6) is 0 Å². The van der Waals surface area contributed by atoms with Crippen molar-refractivity contribution >= 4 is 30.4 Å². The number of aromatic nitrogens is 4. The van der Waals surface area contributed by atoms with Crippen molar-refractivity contribution in [1.82, 2.24) is 19.3 Å². The predicted octanol–water partition coefficient (Wildman–Crippen LogP) is 1.62. The molecule has 110 valence electrons. The van der Waals surface area contributed by atoms with E-state index in [0.717, 1.165) is 10.9 Å². The number of ether oxygens (including phenoxy) is 1. The normalized spacial score (nSPS) is 11.3. The number of nitrogens with zero attached hydrogens (tertiary/aromatic N) is 4. The number of rotatable bonds is 2. The Morgan fingerprint density at radius 2 is 2.09 bits per heavy atom. The van der Waals surface area contributed by atoms with E-state index in [1.807, 2.05) is 33.2 Å². The van der Waals surface area contributed by atoms with E-state index < -0.39 is 6.09 Å². The molecule has 0 atom stereocenters. The number of fused-ring (bicyclic) bond motifs is 1. The van der Waals surface area contributed by atoms with Gasteiger partial charge >= 0.3 is 6.09 Å². The smallest absolute Gasteiger partial charge is 0.419 e.